The van der Waals surface area contributed by atoms with Crippen LogP contribution in [0.15, 0.2) is 72.9 Å². The highest BCUT2D eigenvalue weighted by Crippen LogP contribution is 2.14. The second-order valence-corrected chi connectivity index (χ2v) is 16.0. The van der Waals surface area contributed by atoms with E-state index in [4.69, 9.17) is 14.2 Å². The molecule has 0 spiro atoms. The van der Waals surface area contributed by atoms with Crippen molar-refractivity contribution in [2.75, 3.05) is 19.8 Å². The van der Waals surface area contributed by atoms with Crippen LogP contribution in [-0.4, -0.2) is 37.9 Å². The van der Waals surface area contributed by atoms with Crippen molar-refractivity contribution >= 4 is 11.9 Å². The smallest absolute Gasteiger partial charge is 0.306 e. The molecule has 0 aliphatic rings. The fourth-order valence-corrected chi connectivity index (χ4v) is 6.66. The molecule has 0 aromatic heterocycles. The standard InChI is InChI=1S/C53H92O5/c1-4-7-10-13-16-19-22-25-27-29-31-34-37-40-43-46-52(54)57-50-51(49-56-48-45-42-39-36-33-30-26-23-20-17-14-11-8-5-2)58-53(55)47-44-41-38-35-32-28-24-21-18-15-12-9-6-3/h7,9-10,12,16,18-19,21,25,27-28,32,51H,4-6,8,11,13-15,17,20,22-24,26,29-31,33-50H2,1-3H3/b10-7-,12-9-,19-16-,21-18-,27-25-,32-28-. The average molecular weight is 809 g/mol. The van der Waals surface area contributed by atoms with Crippen LogP contribution in [-0.2, 0) is 23.8 Å². The van der Waals surface area contributed by atoms with E-state index < -0.39 is 6.10 Å². The van der Waals surface area contributed by atoms with Crippen LogP contribution >= 0.6 is 0 Å². The fraction of sp³-hybridized carbons (Fsp3) is 0.736. The van der Waals surface area contributed by atoms with Crippen molar-refractivity contribution in [3.63, 3.8) is 0 Å². The Morgan fingerprint density at radius 2 is 0.776 bits per heavy atom. The quantitative estimate of drug-likeness (QED) is 0.0348. The number of esters is 2. The monoisotopic (exact) mass is 809 g/mol. The zero-order valence-corrected chi connectivity index (χ0v) is 38.3. The van der Waals surface area contributed by atoms with E-state index in [2.05, 4.69) is 93.7 Å². The van der Waals surface area contributed by atoms with Crippen LogP contribution in [0.3, 0.4) is 0 Å². The second kappa shape index (κ2) is 48.7. The number of unbranched alkanes of at least 4 members (excludes halogenated alkanes) is 21. The minimum Gasteiger partial charge on any atom is -0.462 e. The van der Waals surface area contributed by atoms with E-state index >= 15 is 0 Å². The van der Waals surface area contributed by atoms with Gasteiger partial charge in [-0.2, -0.15) is 0 Å². The van der Waals surface area contributed by atoms with Gasteiger partial charge in [-0.25, -0.2) is 0 Å². The molecule has 0 rings (SSSR count). The summed E-state index contributed by atoms with van der Waals surface area (Å²) >= 11 is 0. The molecule has 334 valence electrons. The zero-order chi connectivity index (χ0) is 42.1. The Morgan fingerprint density at radius 1 is 0.397 bits per heavy atom. The highest BCUT2D eigenvalue weighted by molar-refractivity contribution is 5.70. The first kappa shape index (κ1) is 55.3. The van der Waals surface area contributed by atoms with Crippen molar-refractivity contribution in [1.82, 2.24) is 0 Å². The van der Waals surface area contributed by atoms with E-state index in [0.29, 0.717) is 19.4 Å². The molecule has 0 heterocycles. The molecule has 0 aliphatic heterocycles. The molecule has 0 bridgehead atoms. The summed E-state index contributed by atoms with van der Waals surface area (Å²) in [4.78, 5) is 25.3. The normalized spacial score (nSPS) is 12.8. The van der Waals surface area contributed by atoms with Crippen molar-refractivity contribution in [3.8, 4) is 0 Å². The molecule has 5 heteroatoms. The summed E-state index contributed by atoms with van der Waals surface area (Å²) in [5, 5.41) is 0. The van der Waals surface area contributed by atoms with Crippen LogP contribution in [0.25, 0.3) is 0 Å². The number of hydrogen-bond donors (Lipinski definition) is 0. The van der Waals surface area contributed by atoms with Crippen molar-refractivity contribution < 1.29 is 23.8 Å². The lowest BCUT2D eigenvalue weighted by Crippen LogP contribution is -2.30. The lowest BCUT2D eigenvalue weighted by molar-refractivity contribution is -0.163. The van der Waals surface area contributed by atoms with Crippen LogP contribution in [0.4, 0.5) is 0 Å². The van der Waals surface area contributed by atoms with Gasteiger partial charge >= 0.3 is 11.9 Å². The maximum atomic E-state index is 12.7. The number of hydrogen-bond acceptors (Lipinski definition) is 5. The lowest BCUT2D eigenvalue weighted by Gasteiger charge is -2.18. The Labute approximate surface area is 359 Å². The van der Waals surface area contributed by atoms with Crippen LogP contribution in [0.1, 0.15) is 226 Å². The van der Waals surface area contributed by atoms with Crippen LogP contribution < -0.4 is 0 Å². The summed E-state index contributed by atoms with van der Waals surface area (Å²) in [6.45, 7) is 7.56. The molecule has 0 radical (unpaired) electrons. The average Bonchev–Trinajstić information content (AvgIpc) is 3.22. The molecular formula is C53H92O5. The van der Waals surface area contributed by atoms with Gasteiger partial charge in [0.1, 0.15) is 6.61 Å². The van der Waals surface area contributed by atoms with Gasteiger partial charge in [-0.15, -0.1) is 0 Å². The van der Waals surface area contributed by atoms with Gasteiger partial charge < -0.3 is 14.2 Å². The molecule has 58 heavy (non-hydrogen) atoms. The Kier molecular flexibility index (Phi) is 46.5. The predicted octanol–water partition coefficient (Wildman–Crippen LogP) is 16.3. The van der Waals surface area contributed by atoms with Gasteiger partial charge in [-0.3, -0.25) is 9.59 Å². The summed E-state index contributed by atoms with van der Waals surface area (Å²) in [6.07, 6.45) is 61.9. The zero-order valence-electron chi connectivity index (χ0n) is 38.3. The van der Waals surface area contributed by atoms with E-state index in [1.807, 2.05) is 0 Å². The Balaban J connectivity index is 4.32. The third-order valence-electron chi connectivity index (χ3n) is 10.2. The first-order valence-electron chi connectivity index (χ1n) is 24.5. The van der Waals surface area contributed by atoms with Gasteiger partial charge in [0.05, 0.1) is 6.61 Å². The van der Waals surface area contributed by atoms with Crippen molar-refractivity contribution in [2.45, 2.75) is 232 Å². The molecule has 5 nitrogen and oxygen atoms in total. The second-order valence-electron chi connectivity index (χ2n) is 16.0. The SMILES string of the molecule is CC/C=C\C/C=C\C/C=C\CCCCCCCC(=O)OCC(COCCCCCCCCCCCCCCCC)OC(=O)CCCCC/C=C\C/C=C\C/C=C\CC. The highest BCUT2D eigenvalue weighted by atomic mass is 16.6. The van der Waals surface area contributed by atoms with Crippen molar-refractivity contribution in [1.29, 1.82) is 0 Å². The summed E-state index contributed by atoms with van der Waals surface area (Å²) in [7, 11) is 0. The highest BCUT2D eigenvalue weighted by Gasteiger charge is 2.17. The molecule has 0 saturated heterocycles. The minimum absolute atomic E-state index is 0.0639. The summed E-state index contributed by atoms with van der Waals surface area (Å²) < 4.78 is 17.3. The number of rotatable bonds is 44. The summed E-state index contributed by atoms with van der Waals surface area (Å²) in [5.74, 6) is -0.448. The molecule has 0 aliphatic carbocycles. The van der Waals surface area contributed by atoms with Gasteiger partial charge in [0.15, 0.2) is 6.10 Å². The first-order valence-corrected chi connectivity index (χ1v) is 24.5. The Morgan fingerprint density at radius 3 is 1.26 bits per heavy atom. The minimum atomic E-state index is -0.557. The van der Waals surface area contributed by atoms with E-state index in [0.717, 1.165) is 103 Å². The van der Waals surface area contributed by atoms with E-state index in [9.17, 15) is 9.59 Å². The summed E-state index contributed by atoms with van der Waals surface area (Å²) in [5.41, 5.74) is 0. The topological polar surface area (TPSA) is 61.8 Å². The Hall–Kier alpha value is -2.66. The molecule has 0 N–H and O–H groups in total. The molecule has 0 fully saturated rings. The number of ether oxygens (including phenoxy) is 3. The molecule has 0 amide bonds. The fourth-order valence-electron chi connectivity index (χ4n) is 6.66. The molecule has 1 atom stereocenters. The van der Waals surface area contributed by atoms with E-state index in [1.54, 1.807) is 0 Å². The predicted molar refractivity (Wildman–Crippen MR) is 251 cm³/mol. The van der Waals surface area contributed by atoms with Gasteiger partial charge in [0.25, 0.3) is 0 Å². The molecule has 0 saturated carbocycles. The third-order valence-corrected chi connectivity index (χ3v) is 10.2. The van der Waals surface area contributed by atoms with Crippen LogP contribution in [0.5, 0.6) is 0 Å². The molecule has 1 unspecified atom stereocenters. The molecule has 0 aromatic rings. The van der Waals surface area contributed by atoms with E-state index in [-0.39, 0.29) is 25.2 Å². The van der Waals surface area contributed by atoms with Gasteiger partial charge in [0, 0.05) is 19.4 Å². The van der Waals surface area contributed by atoms with Gasteiger partial charge in [0.2, 0.25) is 0 Å². The van der Waals surface area contributed by atoms with Gasteiger partial charge in [-0.05, 0) is 83.5 Å². The number of carbonyl (C=O) groups excluding carboxylic acids is 2. The third kappa shape index (κ3) is 46.0. The maximum Gasteiger partial charge on any atom is 0.306 e. The molecular weight excluding hydrogens is 717 g/mol. The summed E-state index contributed by atoms with van der Waals surface area (Å²) in [6, 6.07) is 0. The van der Waals surface area contributed by atoms with Crippen molar-refractivity contribution in [2.24, 2.45) is 0 Å². The number of allylic oxidation sites excluding steroid dienone is 12. The Bertz CT molecular complexity index is 1050. The largest absolute Gasteiger partial charge is 0.462 e. The lowest BCUT2D eigenvalue weighted by atomic mass is 10.0. The van der Waals surface area contributed by atoms with Crippen molar-refractivity contribution in [3.05, 3.63) is 72.9 Å². The van der Waals surface area contributed by atoms with Crippen LogP contribution in [0.2, 0.25) is 0 Å². The number of carbonyl (C=O) groups is 2. The van der Waals surface area contributed by atoms with E-state index in [1.165, 1.54) is 89.9 Å². The first-order chi connectivity index (χ1) is 28.6. The van der Waals surface area contributed by atoms with Crippen LogP contribution in [0, 0.1) is 0 Å². The molecule has 0 aromatic carbocycles. The van der Waals surface area contributed by atoms with Gasteiger partial charge in [-0.1, -0.05) is 203 Å². The maximum absolute atomic E-state index is 12.7.